The lowest BCUT2D eigenvalue weighted by Crippen LogP contribution is -2.37. The van der Waals surface area contributed by atoms with E-state index in [4.69, 9.17) is 5.73 Å². The monoisotopic (exact) mass is 203 g/mol. The average molecular weight is 203 g/mol. The maximum atomic E-state index is 5.98. The molecule has 0 spiro atoms. The molecule has 0 saturated heterocycles. The number of benzene rings is 1. The van der Waals surface area contributed by atoms with Crippen LogP contribution >= 0.6 is 0 Å². The predicted octanol–water partition coefficient (Wildman–Crippen LogP) is 3.19. The summed E-state index contributed by atoms with van der Waals surface area (Å²) in [6.45, 7) is 6.74. The van der Waals surface area contributed by atoms with Crippen LogP contribution in [0.4, 0.5) is 0 Å². The number of hydrogen-bond donors (Lipinski definition) is 1. The topological polar surface area (TPSA) is 26.0 Å². The molecule has 1 nitrogen and oxygen atoms in total. The number of rotatable bonds is 1. The fourth-order valence-electron chi connectivity index (χ4n) is 2.17. The third-order valence-corrected chi connectivity index (χ3v) is 3.53. The first-order valence-electron chi connectivity index (χ1n) is 5.84. The van der Waals surface area contributed by atoms with Crippen molar-refractivity contribution >= 4 is 0 Å². The van der Waals surface area contributed by atoms with Crippen molar-refractivity contribution < 1.29 is 0 Å². The molecule has 0 heterocycles. The molecule has 2 unspecified atom stereocenters. The molecule has 1 aliphatic carbocycles. The summed E-state index contributed by atoms with van der Waals surface area (Å²) in [6.07, 6.45) is 2.45. The highest BCUT2D eigenvalue weighted by Crippen LogP contribution is 2.36. The van der Waals surface area contributed by atoms with E-state index < -0.39 is 0 Å². The first kappa shape index (κ1) is 10.7. The van der Waals surface area contributed by atoms with Crippen molar-refractivity contribution in [2.75, 3.05) is 0 Å². The van der Waals surface area contributed by atoms with Gasteiger partial charge in [0, 0.05) is 6.04 Å². The Balaban J connectivity index is 2.17. The van der Waals surface area contributed by atoms with Crippen molar-refractivity contribution in [3.8, 4) is 0 Å². The SMILES string of the molecule is CC(C)(C)c1ccc(C2CCC2N)cc1. The van der Waals surface area contributed by atoms with Crippen LogP contribution in [0.1, 0.15) is 50.7 Å². The van der Waals surface area contributed by atoms with E-state index in [2.05, 4.69) is 45.0 Å². The van der Waals surface area contributed by atoms with Crippen LogP contribution in [0.25, 0.3) is 0 Å². The molecule has 0 amide bonds. The summed E-state index contributed by atoms with van der Waals surface area (Å²) in [5.74, 6) is 0.610. The predicted molar refractivity (Wildman–Crippen MR) is 65.1 cm³/mol. The largest absolute Gasteiger partial charge is 0.327 e. The Kier molecular flexibility index (Phi) is 2.59. The van der Waals surface area contributed by atoms with Crippen LogP contribution < -0.4 is 5.73 Å². The van der Waals surface area contributed by atoms with E-state index in [-0.39, 0.29) is 5.41 Å². The molecule has 82 valence electrons. The fourth-order valence-corrected chi connectivity index (χ4v) is 2.17. The summed E-state index contributed by atoms with van der Waals surface area (Å²) in [7, 11) is 0. The van der Waals surface area contributed by atoms with Crippen molar-refractivity contribution in [2.45, 2.75) is 51.0 Å². The Hall–Kier alpha value is -0.820. The maximum Gasteiger partial charge on any atom is 0.0108 e. The summed E-state index contributed by atoms with van der Waals surface area (Å²) in [4.78, 5) is 0. The van der Waals surface area contributed by atoms with Gasteiger partial charge < -0.3 is 5.73 Å². The molecule has 0 radical (unpaired) electrons. The molecule has 2 rings (SSSR count). The molecule has 1 aromatic carbocycles. The number of nitrogens with two attached hydrogens (primary N) is 1. The van der Waals surface area contributed by atoms with Crippen LogP contribution in [-0.2, 0) is 5.41 Å². The van der Waals surface area contributed by atoms with Crippen LogP contribution in [0, 0.1) is 0 Å². The third-order valence-electron chi connectivity index (χ3n) is 3.53. The van der Waals surface area contributed by atoms with E-state index in [1.54, 1.807) is 0 Å². The van der Waals surface area contributed by atoms with E-state index in [1.807, 2.05) is 0 Å². The molecule has 1 aliphatic rings. The van der Waals surface area contributed by atoms with Crippen molar-refractivity contribution in [3.63, 3.8) is 0 Å². The third kappa shape index (κ3) is 2.07. The summed E-state index contributed by atoms with van der Waals surface area (Å²) in [5, 5.41) is 0. The summed E-state index contributed by atoms with van der Waals surface area (Å²) < 4.78 is 0. The molecule has 1 aromatic rings. The van der Waals surface area contributed by atoms with Gasteiger partial charge in [-0.05, 0) is 35.3 Å². The van der Waals surface area contributed by atoms with E-state index >= 15 is 0 Å². The van der Waals surface area contributed by atoms with Gasteiger partial charge >= 0.3 is 0 Å². The normalized spacial score (nSPS) is 26.1. The van der Waals surface area contributed by atoms with Gasteiger partial charge in [0.2, 0.25) is 0 Å². The van der Waals surface area contributed by atoms with Crippen LogP contribution in [0.3, 0.4) is 0 Å². The second kappa shape index (κ2) is 3.64. The highest BCUT2D eigenvalue weighted by atomic mass is 14.7. The van der Waals surface area contributed by atoms with Crippen molar-refractivity contribution in [1.29, 1.82) is 0 Å². The Morgan fingerprint density at radius 2 is 1.67 bits per heavy atom. The molecular formula is C14H21N. The Morgan fingerprint density at radius 3 is 2.00 bits per heavy atom. The molecule has 0 bridgehead atoms. The fraction of sp³-hybridized carbons (Fsp3) is 0.571. The van der Waals surface area contributed by atoms with Crippen LogP contribution in [-0.4, -0.2) is 6.04 Å². The highest BCUT2D eigenvalue weighted by Gasteiger charge is 2.28. The minimum Gasteiger partial charge on any atom is -0.327 e. The quantitative estimate of drug-likeness (QED) is 0.745. The van der Waals surface area contributed by atoms with E-state index in [1.165, 1.54) is 24.0 Å². The highest BCUT2D eigenvalue weighted by molar-refractivity contribution is 5.31. The van der Waals surface area contributed by atoms with Crippen LogP contribution in [0.15, 0.2) is 24.3 Å². The molecular weight excluding hydrogens is 182 g/mol. The maximum absolute atomic E-state index is 5.98. The molecule has 15 heavy (non-hydrogen) atoms. The zero-order chi connectivity index (χ0) is 11.1. The summed E-state index contributed by atoms with van der Waals surface area (Å²) in [6, 6.07) is 9.40. The van der Waals surface area contributed by atoms with Crippen molar-refractivity contribution in [2.24, 2.45) is 5.73 Å². The smallest absolute Gasteiger partial charge is 0.0108 e. The molecule has 0 aliphatic heterocycles. The molecule has 2 atom stereocenters. The van der Waals surface area contributed by atoms with Crippen LogP contribution in [0.2, 0.25) is 0 Å². The second-order valence-electron chi connectivity index (χ2n) is 5.72. The second-order valence-corrected chi connectivity index (χ2v) is 5.72. The molecule has 0 aromatic heterocycles. The van der Waals surface area contributed by atoms with Crippen molar-refractivity contribution in [3.05, 3.63) is 35.4 Å². The van der Waals surface area contributed by atoms with Crippen LogP contribution in [0.5, 0.6) is 0 Å². The van der Waals surface area contributed by atoms with Gasteiger partial charge in [0.1, 0.15) is 0 Å². The molecule has 2 N–H and O–H groups in total. The van der Waals surface area contributed by atoms with Crippen molar-refractivity contribution in [1.82, 2.24) is 0 Å². The van der Waals surface area contributed by atoms with Gasteiger partial charge in [0.25, 0.3) is 0 Å². The minimum atomic E-state index is 0.250. The van der Waals surface area contributed by atoms with Gasteiger partial charge in [-0.3, -0.25) is 0 Å². The lowest BCUT2D eigenvalue weighted by molar-refractivity contribution is 0.346. The van der Waals surface area contributed by atoms with E-state index in [9.17, 15) is 0 Å². The van der Waals surface area contributed by atoms with Gasteiger partial charge in [-0.25, -0.2) is 0 Å². The van der Waals surface area contributed by atoms with Gasteiger partial charge in [0.15, 0.2) is 0 Å². The minimum absolute atomic E-state index is 0.250. The molecule has 1 heteroatoms. The summed E-state index contributed by atoms with van der Waals surface area (Å²) >= 11 is 0. The zero-order valence-electron chi connectivity index (χ0n) is 9.96. The van der Waals surface area contributed by atoms with E-state index in [0.29, 0.717) is 12.0 Å². The first-order valence-corrected chi connectivity index (χ1v) is 5.84. The van der Waals surface area contributed by atoms with Gasteiger partial charge in [-0.1, -0.05) is 45.0 Å². The lowest BCUT2D eigenvalue weighted by atomic mass is 9.75. The Morgan fingerprint density at radius 1 is 1.07 bits per heavy atom. The standard InChI is InChI=1S/C14H21N/c1-14(2,3)11-6-4-10(5-7-11)12-8-9-13(12)15/h4-7,12-13H,8-9,15H2,1-3H3. The number of hydrogen-bond acceptors (Lipinski definition) is 1. The van der Waals surface area contributed by atoms with Gasteiger partial charge in [-0.2, -0.15) is 0 Å². The van der Waals surface area contributed by atoms with E-state index in [0.717, 1.165) is 0 Å². The summed E-state index contributed by atoms with van der Waals surface area (Å²) in [5.41, 5.74) is 9.05. The zero-order valence-corrected chi connectivity index (χ0v) is 9.96. The molecule has 1 fully saturated rings. The average Bonchev–Trinajstić information content (AvgIpc) is 2.15. The molecule has 1 saturated carbocycles. The Bertz CT molecular complexity index is 331. The Labute approximate surface area is 92.7 Å². The van der Waals surface area contributed by atoms with Gasteiger partial charge in [-0.15, -0.1) is 0 Å². The first-order chi connectivity index (χ1) is 6.98. The van der Waals surface area contributed by atoms with Gasteiger partial charge in [0.05, 0.1) is 0 Å². The lowest BCUT2D eigenvalue weighted by Gasteiger charge is -2.34.